The third-order valence-electron chi connectivity index (χ3n) is 7.33. The number of hydrogen-bond acceptors (Lipinski definition) is 6. The normalized spacial score (nSPS) is 14.7. The summed E-state index contributed by atoms with van der Waals surface area (Å²) < 4.78 is 58.8. The Balaban J connectivity index is 1.26. The zero-order valence-corrected chi connectivity index (χ0v) is 23.1. The van der Waals surface area contributed by atoms with Crippen molar-refractivity contribution in [3.63, 3.8) is 0 Å². The third-order valence-corrected chi connectivity index (χ3v) is 7.33. The lowest BCUT2D eigenvalue weighted by Gasteiger charge is -2.34. The van der Waals surface area contributed by atoms with Gasteiger partial charge in [-0.1, -0.05) is 24.3 Å². The first-order chi connectivity index (χ1) is 20.2. The largest absolute Gasteiger partial charge is 0.465 e. The summed E-state index contributed by atoms with van der Waals surface area (Å²) in [6, 6.07) is 15.0. The molecule has 1 saturated heterocycles. The van der Waals surface area contributed by atoms with E-state index in [0.717, 1.165) is 55.1 Å². The molecule has 1 aliphatic heterocycles. The molecule has 0 spiro atoms. The number of benzene rings is 2. The number of imidazole rings is 1. The van der Waals surface area contributed by atoms with E-state index in [1.54, 1.807) is 42.6 Å². The Bertz CT molecular complexity index is 1500. The van der Waals surface area contributed by atoms with Gasteiger partial charge in [0, 0.05) is 58.2 Å². The van der Waals surface area contributed by atoms with Gasteiger partial charge in [0.25, 0.3) is 0 Å². The summed E-state index contributed by atoms with van der Waals surface area (Å²) in [6.07, 6.45) is -0.142. The Morgan fingerprint density at radius 3 is 2.19 bits per heavy atom. The van der Waals surface area contributed by atoms with Crippen molar-refractivity contribution >= 4 is 5.97 Å². The summed E-state index contributed by atoms with van der Waals surface area (Å²) in [5, 5.41) is 0. The van der Waals surface area contributed by atoms with Crippen LogP contribution in [0.15, 0.2) is 73.1 Å². The number of methoxy groups -OCH3 is 1. The van der Waals surface area contributed by atoms with Gasteiger partial charge in [0.2, 0.25) is 0 Å². The second-order valence-corrected chi connectivity index (χ2v) is 10.3. The fourth-order valence-corrected chi connectivity index (χ4v) is 5.01. The summed E-state index contributed by atoms with van der Waals surface area (Å²) in [7, 11) is 1.33. The molecule has 0 radical (unpaired) electrons. The molecule has 7 nitrogen and oxygen atoms in total. The van der Waals surface area contributed by atoms with Gasteiger partial charge < -0.3 is 9.30 Å². The zero-order valence-electron chi connectivity index (χ0n) is 23.1. The van der Waals surface area contributed by atoms with Crippen molar-refractivity contribution in [3.8, 4) is 11.5 Å². The summed E-state index contributed by atoms with van der Waals surface area (Å²) in [6.45, 7) is 4.92. The topological polar surface area (TPSA) is 63.5 Å². The van der Waals surface area contributed by atoms with Gasteiger partial charge in [-0.3, -0.25) is 14.8 Å². The number of piperazine rings is 1. The molecule has 0 unspecified atom stereocenters. The van der Waals surface area contributed by atoms with E-state index in [-0.39, 0.29) is 5.82 Å². The van der Waals surface area contributed by atoms with Gasteiger partial charge in [-0.25, -0.2) is 14.2 Å². The monoisotopic (exact) mass is 581 g/mol. The van der Waals surface area contributed by atoms with Gasteiger partial charge in [-0.2, -0.15) is 13.2 Å². The molecule has 3 heterocycles. The van der Waals surface area contributed by atoms with Crippen LogP contribution in [0.25, 0.3) is 11.5 Å². The molecule has 0 bridgehead atoms. The number of alkyl halides is 3. The highest BCUT2D eigenvalue weighted by Crippen LogP contribution is 2.29. The Kier molecular flexibility index (Phi) is 8.98. The first kappa shape index (κ1) is 29.4. The number of rotatable bonds is 9. The Morgan fingerprint density at radius 2 is 1.55 bits per heavy atom. The molecule has 4 aromatic rings. The highest BCUT2D eigenvalue weighted by atomic mass is 19.4. The van der Waals surface area contributed by atoms with Crippen molar-refractivity contribution < 1.29 is 27.1 Å². The number of carbonyl (C=O) groups is 1. The Hall–Kier alpha value is -4.09. The number of aryl methyl sites for hydroxylation is 2. The number of esters is 1. The lowest BCUT2D eigenvalue weighted by Crippen LogP contribution is -2.45. The van der Waals surface area contributed by atoms with Gasteiger partial charge in [0.05, 0.1) is 23.9 Å². The summed E-state index contributed by atoms with van der Waals surface area (Å²) in [5.74, 6) is -0.121. The Morgan fingerprint density at radius 1 is 0.905 bits per heavy atom. The maximum absolute atomic E-state index is 13.4. The van der Waals surface area contributed by atoms with Crippen molar-refractivity contribution in [2.24, 2.45) is 0 Å². The highest BCUT2D eigenvalue weighted by Gasteiger charge is 2.30. The van der Waals surface area contributed by atoms with Gasteiger partial charge in [-0.15, -0.1) is 0 Å². The first-order valence-corrected chi connectivity index (χ1v) is 13.6. The first-order valence-electron chi connectivity index (χ1n) is 13.6. The van der Waals surface area contributed by atoms with Crippen molar-refractivity contribution in [2.75, 3.05) is 33.3 Å². The maximum Gasteiger partial charge on any atom is 0.416 e. The maximum atomic E-state index is 13.4. The lowest BCUT2D eigenvalue weighted by atomic mass is 10.1. The minimum absolute atomic E-state index is 0.285. The second-order valence-electron chi connectivity index (χ2n) is 10.3. The van der Waals surface area contributed by atoms with Crippen LogP contribution in [0.3, 0.4) is 0 Å². The van der Waals surface area contributed by atoms with Crippen molar-refractivity contribution in [2.45, 2.75) is 32.2 Å². The van der Waals surface area contributed by atoms with E-state index in [9.17, 15) is 22.4 Å². The average Bonchev–Trinajstić information content (AvgIpc) is 3.40. The number of ether oxygens (including phenoxy) is 1. The number of halogens is 4. The molecule has 5 rings (SSSR count). The predicted octanol–water partition coefficient (Wildman–Crippen LogP) is 5.45. The molecule has 2 aromatic carbocycles. The molecule has 2 aromatic heterocycles. The van der Waals surface area contributed by atoms with Gasteiger partial charge in [0.15, 0.2) is 5.82 Å². The van der Waals surface area contributed by atoms with Gasteiger partial charge in [0.1, 0.15) is 11.5 Å². The molecule has 0 aliphatic carbocycles. The van der Waals surface area contributed by atoms with Crippen LogP contribution in [0.5, 0.6) is 0 Å². The second kappa shape index (κ2) is 12.8. The fourth-order valence-electron chi connectivity index (χ4n) is 5.01. The van der Waals surface area contributed by atoms with Crippen LogP contribution in [0.1, 0.15) is 32.7 Å². The number of nitrogens with zero attached hydrogens (tertiary/aromatic N) is 5. The van der Waals surface area contributed by atoms with Crippen LogP contribution in [0.4, 0.5) is 17.6 Å². The van der Waals surface area contributed by atoms with E-state index in [1.165, 1.54) is 19.2 Å². The molecule has 0 N–H and O–H groups in total. The third kappa shape index (κ3) is 7.40. The number of pyridine rings is 1. The number of aromatic nitrogens is 3. The van der Waals surface area contributed by atoms with Gasteiger partial charge >= 0.3 is 12.1 Å². The molecule has 42 heavy (non-hydrogen) atoms. The number of carbonyl (C=O) groups excluding carboxylic acids is 1. The minimum atomic E-state index is -4.34. The molecule has 1 fully saturated rings. The summed E-state index contributed by atoms with van der Waals surface area (Å²) in [4.78, 5) is 26.0. The molecular weight excluding hydrogens is 550 g/mol. The van der Waals surface area contributed by atoms with E-state index in [4.69, 9.17) is 9.72 Å². The zero-order chi connectivity index (χ0) is 29.7. The molecule has 1 aliphatic rings. The van der Waals surface area contributed by atoms with Crippen molar-refractivity contribution in [1.29, 1.82) is 0 Å². The van der Waals surface area contributed by atoms with Crippen LogP contribution >= 0.6 is 0 Å². The van der Waals surface area contributed by atoms with E-state index in [0.29, 0.717) is 43.1 Å². The van der Waals surface area contributed by atoms with Crippen LogP contribution in [0.2, 0.25) is 0 Å². The minimum Gasteiger partial charge on any atom is -0.465 e. The summed E-state index contributed by atoms with van der Waals surface area (Å²) >= 11 is 0. The molecule has 220 valence electrons. The standard InChI is InChI=1S/C31H31F4N5O2/c1-42-30(41)24-10-12-36-28(18-24)29-37-27(21-40(29)13-11-22-4-8-26(32)9-5-22)20-39-16-14-38(15-17-39)19-23-2-6-25(7-3-23)31(33,34)35/h2-10,12,18,21H,11,13-17,19-20H2,1H3. The number of hydrogen-bond donors (Lipinski definition) is 0. The van der Waals surface area contributed by atoms with Crippen LogP contribution in [-0.4, -0.2) is 63.6 Å². The fraction of sp³-hybridized carbons (Fsp3) is 0.323. The molecule has 11 heteroatoms. The van der Waals surface area contributed by atoms with Gasteiger partial charge in [-0.05, 0) is 53.9 Å². The average molecular weight is 582 g/mol. The molecular formula is C31H31F4N5O2. The van der Waals surface area contributed by atoms with Crippen LogP contribution < -0.4 is 0 Å². The Labute approximate surface area is 241 Å². The van der Waals surface area contributed by atoms with Crippen molar-refractivity contribution in [3.05, 3.63) is 107 Å². The molecule has 0 amide bonds. The smallest absolute Gasteiger partial charge is 0.416 e. The van der Waals surface area contributed by atoms with E-state index < -0.39 is 17.7 Å². The summed E-state index contributed by atoms with van der Waals surface area (Å²) in [5.41, 5.74) is 2.97. The van der Waals surface area contributed by atoms with E-state index >= 15 is 0 Å². The van der Waals surface area contributed by atoms with Crippen LogP contribution in [-0.2, 0) is 37.0 Å². The quantitative estimate of drug-likeness (QED) is 0.194. The highest BCUT2D eigenvalue weighted by molar-refractivity contribution is 5.90. The molecule has 0 saturated carbocycles. The predicted molar refractivity (Wildman–Crippen MR) is 149 cm³/mol. The molecule has 0 atom stereocenters. The van der Waals surface area contributed by atoms with E-state index in [1.807, 2.05) is 10.8 Å². The lowest BCUT2D eigenvalue weighted by molar-refractivity contribution is -0.137. The van der Waals surface area contributed by atoms with Crippen molar-refractivity contribution in [1.82, 2.24) is 24.3 Å². The van der Waals surface area contributed by atoms with Crippen LogP contribution in [0, 0.1) is 5.82 Å². The van der Waals surface area contributed by atoms with E-state index in [2.05, 4.69) is 14.8 Å². The SMILES string of the molecule is COC(=O)c1ccnc(-c2nc(CN3CCN(Cc4ccc(C(F)(F)F)cc4)CC3)cn2CCc2ccc(F)cc2)c1.